The lowest BCUT2D eigenvalue weighted by molar-refractivity contribution is -0.0799. The van der Waals surface area contributed by atoms with Crippen LogP contribution < -0.4 is 4.74 Å². The Bertz CT molecular complexity index is 951. The molecular weight excluding hydrogens is 360 g/mol. The van der Waals surface area contributed by atoms with Gasteiger partial charge >= 0.3 is 0 Å². The number of pyridine rings is 1. The number of nitrogens with zero attached hydrogens (tertiary/aromatic N) is 2. The molecule has 4 heteroatoms. The first kappa shape index (κ1) is 18.3. The van der Waals surface area contributed by atoms with E-state index in [2.05, 4.69) is 58.4 Å². The van der Waals surface area contributed by atoms with Gasteiger partial charge in [0, 0.05) is 37.5 Å². The first-order valence-electron chi connectivity index (χ1n) is 10.4. The van der Waals surface area contributed by atoms with Gasteiger partial charge in [0.2, 0.25) is 5.88 Å². The quantitative estimate of drug-likeness (QED) is 0.638. The van der Waals surface area contributed by atoms with Gasteiger partial charge in [0.25, 0.3) is 0 Å². The van der Waals surface area contributed by atoms with E-state index < -0.39 is 0 Å². The zero-order valence-electron chi connectivity index (χ0n) is 16.6. The molecule has 29 heavy (non-hydrogen) atoms. The fourth-order valence-corrected chi connectivity index (χ4v) is 4.44. The minimum absolute atomic E-state index is 0.184. The van der Waals surface area contributed by atoms with Crippen LogP contribution in [0, 0.1) is 0 Å². The molecule has 2 aliphatic heterocycles. The van der Waals surface area contributed by atoms with Crippen LogP contribution in [-0.2, 0) is 30.1 Å². The Morgan fingerprint density at radius 1 is 0.931 bits per heavy atom. The van der Waals surface area contributed by atoms with Crippen molar-refractivity contribution in [1.29, 1.82) is 0 Å². The zero-order chi connectivity index (χ0) is 19.5. The Labute approximate surface area is 172 Å². The van der Waals surface area contributed by atoms with E-state index in [0.29, 0.717) is 19.1 Å². The van der Waals surface area contributed by atoms with Gasteiger partial charge in [0.05, 0.1) is 12.2 Å². The summed E-state index contributed by atoms with van der Waals surface area (Å²) in [6.07, 6.45) is 3.95. The van der Waals surface area contributed by atoms with E-state index in [9.17, 15) is 0 Å². The molecule has 5 rings (SSSR count). The van der Waals surface area contributed by atoms with Crippen LogP contribution in [0.1, 0.15) is 35.1 Å². The molecular formula is C25H26N2O2. The van der Waals surface area contributed by atoms with Gasteiger partial charge in [0.15, 0.2) is 0 Å². The van der Waals surface area contributed by atoms with Gasteiger partial charge in [-0.05, 0) is 29.5 Å². The van der Waals surface area contributed by atoms with Crippen molar-refractivity contribution < 1.29 is 9.47 Å². The van der Waals surface area contributed by atoms with Gasteiger partial charge < -0.3 is 9.47 Å². The van der Waals surface area contributed by atoms with E-state index in [1.165, 1.54) is 16.7 Å². The number of aromatic nitrogens is 1. The number of piperidine rings is 1. The minimum atomic E-state index is -0.184. The largest absolute Gasteiger partial charge is 0.473 e. The first-order valence-corrected chi connectivity index (χ1v) is 10.4. The molecule has 1 aromatic heterocycles. The van der Waals surface area contributed by atoms with Crippen LogP contribution in [0.4, 0.5) is 0 Å². The molecule has 0 bridgehead atoms. The van der Waals surface area contributed by atoms with Crippen LogP contribution >= 0.6 is 0 Å². The Hall–Kier alpha value is -2.69. The molecule has 0 saturated carbocycles. The number of fused-ring (bicyclic) bond motifs is 2. The summed E-state index contributed by atoms with van der Waals surface area (Å²) in [6, 6.07) is 23.0. The van der Waals surface area contributed by atoms with E-state index in [1.807, 2.05) is 24.4 Å². The molecule has 0 unspecified atom stereocenters. The monoisotopic (exact) mass is 386 g/mol. The van der Waals surface area contributed by atoms with E-state index in [0.717, 1.165) is 38.0 Å². The third-order valence-electron chi connectivity index (χ3n) is 6.10. The van der Waals surface area contributed by atoms with E-state index in [-0.39, 0.29) is 5.60 Å². The minimum Gasteiger partial charge on any atom is -0.473 e. The Morgan fingerprint density at radius 2 is 1.62 bits per heavy atom. The predicted molar refractivity (Wildman–Crippen MR) is 112 cm³/mol. The predicted octanol–water partition coefficient (Wildman–Crippen LogP) is 4.68. The second-order valence-corrected chi connectivity index (χ2v) is 8.00. The molecule has 0 amide bonds. The van der Waals surface area contributed by atoms with Crippen LogP contribution in [0.5, 0.6) is 5.88 Å². The summed E-state index contributed by atoms with van der Waals surface area (Å²) >= 11 is 0. The maximum Gasteiger partial charge on any atom is 0.213 e. The van der Waals surface area contributed by atoms with Crippen molar-refractivity contribution in [2.45, 2.75) is 38.2 Å². The van der Waals surface area contributed by atoms with E-state index in [1.54, 1.807) is 0 Å². The molecule has 148 valence electrons. The number of hydrogen-bond donors (Lipinski definition) is 0. The number of ether oxygens (including phenoxy) is 2. The van der Waals surface area contributed by atoms with Crippen molar-refractivity contribution in [1.82, 2.24) is 9.88 Å². The summed E-state index contributed by atoms with van der Waals surface area (Å²) < 4.78 is 12.3. The zero-order valence-corrected chi connectivity index (χ0v) is 16.6. The fraction of sp³-hybridized carbons (Fsp3) is 0.320. The highest BCUT2D eigenvalue weighted by molar-refractivity contribution is 5.38. The number of hydrogen-bond acceptors (Lipinski definition) is 4. The molecule has 0 aliphatic carbocycles. The molecule has 2 aromatic carbocycles. The third-order valence-corrected chi connectivity index (χ3v) is 6.10. The van der Waals surface area contributed by atoms with Crippen LogP contribution in [-0.4, -0.2) is 23.0 Å². The molecule has 0 radical (unpaired) electrons. The highest BCUT2D eigenvalue weighted by Crippen LogP contribution is 2.45. The number of likely N-dealkylation sites (tertiary alicyclic amines) is 1. The standard InChI is InChI=1S/C25H26N2O2/c1-3-7-20(8-4-1)17-27-13-11-25(12-14-27)23-15-24(26-16-22(23)19-29-25)28-18-21-9-5-2-6-10-21/h1-10,15-16H,11-14,17-19H2. The highest BCUT2D eigenvalue weighted by atomic mass is 16.5. The molecule has 2 aliphatic rings. The molecule has 4 nitrogen and oxygen atoms in total. The second kappa shape index (κ2) is 7.97. The van der Waals surface area contributed by atoms with Crippen molar-refractivity contribution in [3.05, 3.63) is 95.2 Å². The molecule has 1 saturated heterocycles. The van der Waals surface area contributed by atoms with Gasteiger partial charge in [-0.15, -0.1) is 0 Å². The normalized spacial score (nSPS) is 17.9. The molecule has 3 heterocycles. The molecule has 3 aromatic rings. The van der Waals surface area contributed by atoms with Crippen molar-refractivity contribution in [2.75, 3.05) is 13.1 Å². The van der Waals surface area contributed by atoms with Gasteiger partial charge in [-0.3, -0.25) is 4.90 Å². The summed E-state index contributed by atoms with van der Waals surface area (Å²) in [4.78, 5) is 7.03. The maximum atomic E-state index is 6.35. The molecule has 1 fully saturated rings. The van der Waals surface area contributed by atoms with Crippen molar-refractivity contribution in [2.24, 2.45) is 0 Å². The Morgan fingerprint density at radius 3 is 2.34 bits per heavy atom. The van der Waals surface area contributed by atoms with Gasteiger partial charge in [-0.25, -0.2) is 4.98 Å². The molecule has 0 atom stereocenters. The van der Waals surface area contributed by atoms with Crippen LogP contribution in [0.25, 0.3) is 0 Å². The van der Waals surface area contributed by atoms with Gasteiger partial charge in [-0.1, -0.05) is 60.7 Å². The summed E-state index contributed by atoms with van der Waals surface area (Å²) in [7, 11) is 0. The Kier molecular flexibility index (Phi) is 5.04. The van der Waals surface area contributed by atoms with Crippen molar-refractivity contribution >= 4 is 0 Å². The highest BCUT2D eigenvalue weighted by Gasteiger charge is 2.43. The van der Waals surface area contributed by atoms with E-state index in [4.69, 9.17) is 9.47 Å². The second-order valence-electron chi connectivity index (χ2n) is 8.00. The fourth-order valence-electron chi connectivity index (χ4n) is 4.44. The average molecular weight is 386 g/mol. The van der Waals surface area contributed by atoms with Crippen LogP contribution in [0.2, 0.25) is 0 Å². The summed E-state index contributed by atoms with van der Waals surface area (Å²) in [6.45, 7) is 4.27. The smallest absolute Gasteiger partial charge is 0.213 e. The number of benzene rings is 2. The van der Waals surface area contributed by atoms with Crippen molar-refractivity contribution in [3.63, 3.8) is 0 Å². The van der Waals surface area contributed by atoms with Gasteiger partial charge in [0.1, 0.15) is 6.61 Å². The van der Waals surface area contributed by atoms with Crippen LogP contribution in [0.15, 0.2) is 72.9 Å². The third kappa shape index (κ3) is 3.91. The number of rotatable bonds is 5. The lowest BCUT2D eigenvalue weighted by Gasteiger charge is -2.39. The average Bonchev–Trinajstić information content (AvgIpc) is 3.13. The van der Waals surface area contributed by atoms with E-state index >= 15 is 0 Å². The summed E-state index contributed by atoms with van der Waals surface area (Å²) in [5, 5.41) is 0. The lowest BCUT2D eigenvalue weighted by atomic mass is 9.84. The Balaban J connectivity index is 1.26. The molecule has 1 spiro atoms. The SMILES string of the molecule is c1ccc(COc2cc3c(cn2)COC32CCN(Cc3ccccc3)CC2)cc1. The lowest BCUT2D eigenvalue weighted by Crippen LogP contribution is -2.42. The van der Waals surface area contributed by atoms with Crippen molar-refractivity contribution in [3.8, 4) is 5.88 Å². The van der Waals surface area contributed by atoms with Crippen LogP contribution in [0.3, 0.4) is 0 Å². The van der Waals surface area contributed by atoms with Gasteiger partial charge in [-0.2, -0.15) is 0 Å². The molecule has 0 N–H and O–H groups in total. The summed E-state index contributed by atoms with van der Waals surface area (Å²) in [5.41, 5.74) is 4.81. The summed E-state index contributed by atoms with van der Waals surface area (Å²) in [5.74, 6) is 0.684. The topological polar surface area (TPSA) is 34.6 Å². The first-order chi connectivity index (χ1) is 14.3. The maximum absolute atomic E-state index is 6.35.